The number of benzene rings is 1. The molecule has 1 aliphatic rings. The fourth-order valence-electron chi connectivity index (χ4n) is 2.38. The second-order valence-corrected chi connectivity index (χ2v) is 5.36. The molecule has 1 N–H and O–H groups in total. The molecule has 1 aromatic carbocycles. The highest BCUT2D eigenvalue weighted by molar-refractivity contribution is 5.82. The third kappa shape index (κ3) is 4.74. The molecule has 1 saturated carbocycles. The predicted molar refractivity (Wildman–Crippen MR) is 80.7 cm³/mol. The van der Waals surface area contributed by atoms with Crippen LogP contribution in [0.5, 0.6) is 0 Å². The van der Waals surface area contributed by atoms with Crippen LogP contribution in [0.2, 0.25) is 0 Å². The van der Waals surface area contributed by atoms with Gasteiger partial charge in [-0.3, -0.25) is 4.79 Å². The first-order valence-electron chi connectivity index (χ1n) is 7.30. The number of alkyl carbamates (subject to hydrolysis) is 1. The van der Waals surface area contributed by atoms with Gasteiger partial charge < -0.3 is 10.1 Å². The van der Waals surface area contributed by atoms with Gasteiger partial charge in [0.25, 0.3) is 0 Å². The number of allylic oxidation sites excluding steroid dienone is 1. The summed E-state index contributed by atoms with van der Waals surface area (Å²) < 4.78 is 5.15. The Balaban J connectivity index is 1.62. The molecule has 1 aliphatic carbocycles. The maximum Gasteiger partial charge on any atom is 0.407 e. The van der Waals surface area contributed by atoms with Crippen LogP contribution < -0.4 is 5.32 Å². The topological polar surface area (TPSA) is 55.4 Å². The molecule has 2 rings (SSSR count). The van der Waals surface area contributed by atoms with E-state index >= 15 is 0 Å². The van der Waals surface area contributed by atoms with Gasteiger partial charge in [0.15, 0.2) is 0 Å². The van der Waals surface area contributed by atoms with Crippen LogP contribution >= 0.6 is 0 Å². The number of carbonyl (C=O) groups is 2. The molecule has 0 saturated heterocycles. The summed E-state index contributed by atoms with van der Waals surface area (Å²) in [6.45, 7) is 3.87. The molecule has 0 spiro atoms. The maximum atomic E-state index is 11.7. The van der Waals surface area contributed by atoms with E-state index in [0.717, 1.165) is 24.8 Å². The van der Waals surface area contributed by atoms with Crippen molar-refractivity contribution >= 4 is 11.9 Å². The van der Waals surface area contributed by atoms with Crippen molar-refractivity contribution in [3.8, 4) is 0 Å². The second-order valence-electron chi connectivity index (χ2n) is 5.36. The van der Waals surface area contributed by atoms with E-state index in [1.165, 1.54) is 0 Å². The Morgan fingerprint density at radius 3 is 2.67 bits per heavy atom. The van der Waals surface area contributed by atoms with Crippen LogP contribution in [0.25, 0.3) is 0 Å². The van der Waals surface area contributed by atoms with Gasteiger partial charge in [0.1, 0.15) is 12.4 Å². The molecule has 0 bridgehead atoms. The van der Waals surface area contributed by atoms with Crippen LogP contribution in [0, 0.1) is 5.92 Å². The van der Waals surface area contributed by atoms with Crippen molar-refractivity contribution in [2.24, 2.45) is 5.92 Å². The Hall–Kier alpha value is -2.10. The fraction of sp³-hybridized carbons (Fsp3) is 0.412. The lowest BCUT2D eigenvalue weighted by Crippen LogP contribution is -2.46. The molecular weight excluding hydrogens is 266 g/mol. The van der Waals surface area contributed by atoms with Gasteiger partial charge in [-0.25, -0.2) is 4.79 Å². The first-order valence-corrected chi connectivity index (χ1v) is 7.30. The van der Waals surface area contributed by atoms with Gasteiger partial charge >= 0.3 is 6.09 Å². The summed E-state index contributed by atoms with van der Waals surface area (Å²) in [7, 11) is 0. The molecule has 1 amide bonds. The predicted octanol–water partition coefficient (Wildman–Crippen LogP) is 3.23. The van der Waals surface area contributed by atoms with Crippen molar-refractivity contribution in [1.29, 1.82) is 0 Å². The fourth-order valence-corrected chi connectivity index (χ4v) is 2.38. The van der Waals surface area contributed by atoms with Crippen molar-refractivity contribution < 1.29 is 14.3 Å². The summed E-state index contributed by atoms with van der Waals surface area (Å²) in [5.41, 5.74) is 0.957. The van der Waals surface area contributed by atoms with E-state index in [1.807, 2.05) is 30.3 Å². The minimum Gasteiger partial charge on any atom is -0.445 e. The Morgan fingerprint density at radius 2 is 2.00 bits per heavy atom. The monoisotopic (exact) mass is 287 g/mol. The van der Waals surface area contributed by atoms with Crippen LogP contribution in [0.3, 0.4) is 0 Å². The average molecular weight is 287 g/mol. The number of nitrogens with one attached hydrogen (secondary N) is 1. The van der Waals surface area contributed by atoms with E-state index in [1.54, 1.807) is 6.08 Å². The highest BCUT2D eigenvalue weighted by atomic mass is 16.5. The molecule has 0 radical (unpaired) electrons. The SMILES string of the molecule is C=CCCC(=O)C1CC(NC(=O)OCc2ccccc2)C1. The second kappa shape index (κ2) is 7.62. The van der Waals surface area contributed by atoms with Gasteiger partial charge in [-0.05, 0) is 24.8 Å². The Labute approximate surface area is 125 Å². The molecule has 1 aromatic rings. The Kier molecular flexibility index (Phi) is 5.55. The minimum atomic E-state index is -0.416. The largest absolute Gasteiger partial charge is 0.445 e. The maximum absolute atomic E-state index is 11.7. The number of hydrogen-bond donors (Lipinski definition) is 1. The van der Waals surface area contributed by atoms with E-state index in [2.05, 4.69) is 11.9 Å². The molecule has 4 heteroatoms. The van der Waals surface area contributed by atoms with Gasteiger partial charge in [-0.15, -0.1) is 6.58 Å². The highest BCUT2D eigenvalue weighted by Crippen LogP contribution is 2.29. The molecule has 0 aliphatic heterocycles. The van der Waals surface area contributed by atoms with E-state index in [9.17, 15) is 9.59 Å². The normalized spacial score (nSPS) is 20.2. The number of carbonyl (C=O) groups excluding carboxylic acids is 2. The summed E-state index contributed by atoms with van der Waals surface area (Å²) >= 11 is 0. The molecule has 21 heavy (non-hydrogen) atoms. The van der Waals surface area contributed by atoms with E-state index in [0.29, 0.717) is 6.42 Å². The van der Waals surface area contributed by atoms with Gasteiger partial charge in [-0.2, -0.15) is 0 Å². The van der Waals surface area contributed by atoms with Gasteiger partial charge in [0.05, 0.1) is 0 Å². The molecule has 0 unspecified atom stereocenters. The molecule has 112 valence electrons. The van der Waals surface area contributed by atoms with Crippen LogP contribution in [-0.4, -0.2) is 17.9 Å². The molecule has 0 aromatic heterocycles. The van der Waals surface area contributed by atoms with Crippen molar-refractivity contribution in [2.45, 2.75) is 38.3 Å². The molecule has 4 nitrogen and oxygen atoms in total. The van der Waals surface area contributed by atoms with E-state index < -0.39 is 6.09 Å². The Bertz CT molecular complexity index is 492. The quantitative estimate of drug-likeness (QED) is 0.783. The Morgan fingerprint density at radius 1 is 1.29 bits per heavy atom. The first-order chi connectivity index (χ1) is 10.2. The van der Waals surface area contributed by atoms with Crippen molar-refractivity contribution in [1.82, 2.24) is 5.32 Å². The summed E-state index contributed by atoms with van der Waals surface area (Å²) in [6, 6.07) is 9.60. The number of ether oxygens (including phenoxy) is 1. The zero-order valence-corrected chi connectivity index (χ0v) is 12.1. The third-order valence-electron chi connectivity index (χ3n) is 3.72. The minimum absolute atomic E-state index is 0.0611. The number of amides is 1. The van der Waals surface area contributed by atoms with Crippen molar-refractivity contribution in [3.63, 3.8) is 0 Å². The van der Waals surface area contributed by atoms with Crippen molar-refractivity contribution in [2.75, 3.05) is 0 Å². The molecule has 0 atom stereocenters. The summed E-state index contributed by atoms with van der Waals surface area (Å²) in [5.74, 6) is 0.356. The number of hydrogen-bond acceptors (Lipinski definition) is 3. The lowest BCUT2D eigenvalue weighted by Gasteiger charge is -2.34. The van der Waals surface area contributed by atoms with Gasteiger partial charge in [-0.1, -0.05) is 36.4 Å². The van der Waals surface area contributed by atoms with Crippen LogP contribution in [-0.2, 0) is 16.1 Å². The zero-order chi connectivity index (χ0) is 15.1. The number of ketones is 1. The van der Waals surface area contributed by atoms with Crippen LogP contribution in [0.1, 0.15) is 31.2 Å². The highest BCUT2D eigenvalue weighted by Gasteiger charge is 2.34. The summed E-state index contributed by atoms with van der Waals surface area (Å²) in [5, 5.41) is 2.79. The van der Waals surface area contributed by atoms with Crippen molar-refractivity contribution in [3.05, 3.63) is 48.6 Å². The molecule has 0 heterocycles. The molecule has 1 fully saturated rings. The number of rotatable bonds is 7. The first kappa shape index (κ1) is 15.3. The average Bonchev–Trinajstić information content (AvgIpc) is 2.47. The number of Topliss-reactive ketones (excluding diaryl/α,β-unsaturated/α-hetero) is 1. The zero-order valence-electron chi connectivity index (χ0n) is 12.1. The molecular formula is C17H21NO3. The van der Waals surface area contributed by atoms with Gasteiger partial charge in [0, 0.05) is 18.4 Å². The lowest BCUT2D eigenvalue weighted by molar-refractivity contribution is -0.125. The summed E-state index contributed by atoms with van der Waals surface area (Å²) in [6.07, 6.45) is 4.06. The smallest absolute Gasteiger partial charge is 0.407 e. The van der Waals surface area contributed by atoms with Crippen LogP contribution in [0.15, 0.2) is 43.0 Å². The standard InChI is InChI=1S/C17H21NO3/c1-2-3-9-16(19)14-10-15(11-14)18-17(20)21-12-13-7-5-4-6-8-13/h2,4-8,14-15H,1,3,9-12H2,(H,18,20). The van der Waals surface area contributed by atoms with Gasteiger partial charge in [0.2, 0.25) is 0 Å². The summed E-state index contributed by atoms with van der Waals surface area (Å²) in [4.78, 5) is 23.4. The lowest BCUT2D eigenvalue weighted by atomic mass is 9.76. The van der Waals surface area contributed by atoms with E-state index in [-0.39, 0.29) is 24.3 Å². The van der Waals surface area contributed by atoms with Crippen LogP contribution in [0.4, 0.5) is 4.79 Å². The third-order valence-corrected chi connectivity index (χ3v) is 3.72. The van der Waals surface area contributed by atoms with E-state index in [4.69, 9.17) is 4.74 Å².